The van der Waals surface area contributed by atoms with Crippen molar-refractivity contribution >= 4 is 46.8 Å². The summed E-state index contributed by atoms with van der Waals surface area (Å²) in [6.45, 7) is 8.90. The Hall–Kier alpha value is 1.85. The first-order valence-corrected chi connectivity index (χ1v) is 18.9. The van der Waals surface area contributed by atoms with Gasteiger partial charge in [-0.15, -0.1) is 0 Å². The van der Waals surface area contributed by atoms with E-state index >= 15 is 0 Å². The van der Waals surface area contributed by atoms with Crippen molar-refractivity contribution in [1.29, 1.82) is 0 Å². The van der Waals surface area contributed by atoms with Crippen LogP contribution in [-0.4, -0.2) is 37.8 Å². The third-order valence-corrected chi connectivity index (χ3v) is 34.2. The van der Waals surface area contributed by atoms with E-state index in [9.17, 15) is 0 Å². The van der Waals surface area contributed by atoms with E-state index in [1.807, 2.05) is 0 Å². The second kappa shape index (κ2) is 7.18. The summed E-state index contributed by atoms with van der Waals surface area (Å²) >= 11 is -3.90. The SMILES string of the molecule is C[CH2][Sn]([CH2]C)[O][Sn]([Cl])([CH2]C)[CH2]C. The third-order valence-electron chi connectivity index (χ3n) is 2.17. The Kier molecular flexibility index (Phi) is 8.29. The topological polar surface area (TPSA) is 9.23 Å². The van der Waals surface area contributed by atoms with Gasteiger partial charge in [0.15, 0.2) is 0 Å². The molecular weight excluding hydrogens is 385 g/mol. The molecule has 0 spiro atoms. The molecule has 0 fully saturated rings. The molecule has 1 nitrogen and oxygen atoms in total. The fourth-order valence-electron chi connectivity index (χ4n) is 1.05. The predicted molar refractivity (Wildman–Crippen MR) is 60.4 cm³/mol. The molecule has 4 heteroatoms. The van der Waals surface area contributed by atoms with Crippen LogP contribution >= 0.6 is 8.92 Å². The summed E-state index contributed by atoms with van der Waals surface area (Å²) < 4.78 is 11.1. The Labute approximate surface area is 92.6 Å². The second-order valence-corrected chi connectivity index (χ2v) is 28.2. The molecule has 0 amide bonds. The monoisotopic (exact) mass is 407 g/mol. The van der Waals surface area contributed by atoms with E-state index in [1.165, 1.54) is 8.87 Å². The summed E-state index contributed by atoms with van der Waals surface area (Å²) in [7, 11) is 6.50. The van der Waals surface area contributed by atoms with Crippen LogP contribution in [0.4, 0.5) is 0 Å². The molecule has 0 saturated heterocycles. The van der Waals surface area contributed by atoms with Gasteiger partial charge in [0.25, 0.3) is 0 Å². The summed E-state index contributed by atoms with van der Waals surface area (Å²) in [6.07, 6.45) is 0. The van der Waals surface area contributed by atoms with E-state index in [4.69, 9.17) is 10.3 Å². The molecule has 1 radical (unpaired) electrons. The van der Waals surface area contributed by atoms with Crippen molar-refractivity contribution in [2.45, 2.75) is 45.4 Å². The van der Waals surface area contributed by atoms with Crippen molar-refractivity contribution in [2.75, 3.05) is 0 Å². The molecule has 73 valence electrons. The molecule has 0 unspecified atom stereocenters. The summed E-state index contributed by atoms with van der Waals surface area (Å²) in [6, 6.07) is 0. The Morgan fingerprint density at radius 2 is 1.50 bits per heavy atom. The summed E-state index contributed by atoms with van der Waals surface area (Å²) in [5.74, 6) is 0. The predicted octanol–water partition coefficient (Wildman–Crippen LogP) is 3.76. The van der Waals surface area contributed by atoms with Gasteiger partial charge in [0.1, 0.15) is 0 Å². The van der Waals surface area contributed by atoms with Crippen LogP contribution in [0.1, 0.15) is 27.7 Å². The molecule has 0 saturated carbocycles. The van der Waals surface area contributed by atoms with Crippen LogP contribution in [0.2, 0.25) is 17.7 Å². The van der Waals surface area contributed by atoms with Gasteiger partial charge >= 0.3 is 93.6 Å². The normalized spacial score (nSPS) is 12.5. The average Bonchev–Trinajstić information content (AvgIpc) is 2.14. The summed E-state index contributed by atoms with van der Waals surface area (Å²) in [4.78, 5) is 0. The van der Waals surface area contributed by atoms with E-state index in [0.717, 1.165) is 8.87 Å². The first-order chi connectivity index (χ1) is 5.61. The van der Waals surface area contributed by atoms with E-state index in [1.54, 1.807) is 0 Å². The van der Waals surface area contributed by atoms with Gasteiger partial charge in [-0.1, -0.05) is 0 Å². The molecule has 0 aromatic carbocycles. The van der Waals surface area contributed by atoms with Crippen molar-refractivity contribution in [3.05, 3.63) is 0 Å². The molecule has 0 aromatic rings. The quantitative estimate of drug-likeness (QED) is 0.612. The van der Waals surface area contributed by atoms with Crippen molar-refractivity contribution in [2.24, 2.45) is 0 Å². The van der Waals surface area contributed by atoms with Crippen LogP contribution in [0.15, 0.2) is 0 Å². The van der Waals surface area contributed by atoms with Gasteiger partial charge in [0, 0.05) is 0 Å². The zero-order valence-corrected chi connectivity index (χ0v) is 15.1. The van der Waals surface area contributed by atoms with E-state index in [-0.39, 0.29) is 0 Å². The number of hydrogen-bond acceptors (Lipinski definition) is 1. The molecule has 0 aliphatic rings. The molecule has 0 aliphatic carbocycles. The van der Waals surface area contributed by atoms with Crippen LogP contribution in [0, 0.1) is 0 Å². The zero-order valence-electron chi connectivity index (χ0n) is 8.61. The molecule has 0 heterocycles. The van der Waals surface area contributed by atoms with Crippen molar-refractivity contribution in [3.63, 3.8) is 0 Å². The third kappa shape index (κ3) is 4.91. The number of halogens is 1. The Morgan fingerprint density at radius 1 is 1.08 bits per heavy atom. The Balaban J connectivity index is 3.99. The molecule has 0 rings (SSSR count). The first kappa shape index (κ1) is 13.8. The summed E-state index contributed by atoms with van der Waals surface area (Å²) in [5.41, 5.74) is 0. The zero-order chi connectivity index (χ0) is 9.61. The minimum atomic E-state index is -2.46. The molecular formula is C8H20ClOSn2. The first-order valence-electron chi connectivity index (χ1n) is 4.84. The van der Waals surface area contributed by atoms with Gasteiger partial charge in [-0.05, 0) is 0 Å². The average molecular weight is 405 g/mol. The molecule has 0 N–H and O–H groups in total. The second-order valence-electron chi connectivity index (χ2n) is 2.94. The van der Waals surface area contributed by atoms with Crippen molar-refractivity contribution in [1.82, 2.24) is 0 Å². The van der Waals surface area contributed by atoms with Crippen molar-refractivity contribution < 1.29 is 1.41 Å². The maximum absolute atomic E-state index is 6.50. The van der Waals surface area contributed by atoms with Gasteiger partial charge in [-0.25, -0.2) is 0 Å². The molecule has 0 atom stereocenters. The standard InChI is InChI=1S/4C2H5.ClH.O.2Sn/c4*1-2;;;;/h4*1H2,2H3;1H;;;/q;;;;;;;+1/p-1. The minimum absolute atomic E-state index is 1.14. The van der Waals surface area contributed by atoms with Crippen LogP contribution < -0.4 is 0 Å². The van der Waals surface area contributed by atoms with E-state index < -0.39 is 37.8 Å². The van der Waals surface area contributed by atoms with Crippen LogP contribution in [0.5, 0.6) is 0 Å². The van der Waals surface area contributed by atoms with E-state index in [2.05, 4.69) is 27.7 Å². The van der Waals surface area contributed by atoms with Crippen LogP contribution in [0.3, 0.4) is 0 Å². The number of rotatable bonds is 6. The maximum atomic E-state index is 6.50. The Bertz CT molecular complexity index is 114. The van der Waals surface area contributed by atoms with Gasteiger partial charge in [-0.3, -0.25) is 0 Å². The molecule has 12 heavy (non-hydrogen) atoms. The molecule has 0 aromatic heterocycles. The fraction of sp³-hybridized carbons (Fsp3) is 1.00. The van der Waals surface area contributed by atoms with Crippen LogP contribution in [0.25, 0.3) is 0 Å². The number of hydrogen-bond donors (Lipinski definition) is 0. The van der Waals surface area contributed by atoms with E-state index in [0.29, 0.717) is 0 Å². The van der Waals surface area contributed by atoms with Crippen molar-refractivity contribution in [3.8, 4) is 0 Å². The molecule has 0 aliphatic heterocycles. The summed E-state index contributed by atoms with van der Waals surface area (Å²) in [5, 5.41) is 0. The van der Waals surface area contributed by atoms with Crippen LogP contribution in [-0.2, 0) is 1.41 Å². The van der Waals surface area contributed by atoms with Gasteiger partial charge in [0.2, 0.25) is 0 Å². The Morgan fingerprint density at radius 3 is 1.75 bits per heavy atom. The van der Waals surface area contributed by atoms with Gasteiger partial charge in [-0.2, -0.15) is 0 Å². The van der Waals surface area contributed by atoms with Gasteiger partial charge < -0.3 is 0 Å². The van der Waals surface area contributed by atoms with Gasteiger partial charge in [0.05, 0.1) is 0 Å². The fourth-order valence-corrected chi connectivity index (χ4v) is 32.9. The molecule has 0 bridgehead atoms.